The summed E-state index contributed by atoms with van der Waals surface area (Å²) in [5.41, 5.74) is 1.46. The van der Waals surface area contributed by atoms with Crippen molar-refractivity contribution in [2.75, 3.05) is 17.9 Å². The second-order valence-corrected chi connectivity index (χ2v) is 10.5. The number of para-hydroxylation sites is 1. The molecule has 1 fully saturated rings. The number of benzene rings is 2. The van der Waals surface area contributed by atoms with Crippen molar-refractivity contribution in [3.63, 3.8) is 0 Å². The van der Waals surface area contributed by atoms with Crippen molar-refractivity contribution in [3.8, 4) is 0 Å². The summed E-state index contributed by atoms with van der Waals surface area (Å²) >= 11 is 0. The molecule has 1 saturated heterocycles. The summed E-state index contributed by atoms with van der Waals surface area (Å²) in [6.45, 7) is 4.52. The van der Waals surface area contributed by atoms with E-state index in [9.17, 15) is 18.0 Å². The van der Waals surface area contributed by atoms with Crippen molar-refractivity contribution in [2.24, 2.45) is 0 Å². The number of amides is 1. The first-order chi connectivity index (χ1) is 15.8. The van der Waals surface area contributed by atoms with E-state index in [4.69, 9.17) is 0 Å². The highest BCUT2D eigenvalue weighted by Crippen LogP contribution is 2.27. The number of H-pyrrole nitrogens is 1. The van der Waals surface area contributed by atoms with E-state index in [-0.39, 0.29) is 27.8 Å². The molecule has 1 atom stereocenters. The molecule has 0 radical (unpaired) electrons. The van der Waals surface area contributed by atoms with Crippen LogP contribution in [0.1, 0.15) is 48.5 Å². The van der Waals surface area contributed by atoms with Crippen molar-refractivity contribution < 1.29 is 13.2 Å². The first kappa shape index (κ1) is 23.0. The number of carbonyl (C=O) groups is 1. The van der Waals surface area contributed by atoms with E-state index in [1.165, 1.54) is 29.7 Å². The molecule has 4 rings (SSSR count). The number of piperidine rings is 1. The van der Waals surface area contributed by atoms with Gasteiger partial charge in [-0.15, -0.1) is 0 Å². The molecule has 3 aromatic rings. The molecule has 2 aromatic carbocycles. The molecular weight excluding hydrogens is 438 g/mol. The molecule has 1 aromatic heterocycles. The van der Waals surface area contributed by atoms with E-state index in [0.29, 0.717) is 17.7 Å². The second-order valence-electron chi connectivity index (χ2n) is 8.55. The largest absolute Gasteiger partial charge is 0.360 e. The fourth-order valence-electron chi connectivity index (χ4n) is 4.57. The maximum Gasteiger partial charge on any atom is 0.264 e. The Balaban J connectivity index is 1.76. The molecule has 8 heteroatoms. The van der Waals surface area contributed by atoms with Crippen LogP contribution in [0, 0.1) is 6.92 Å². The Kier molecular flexibility index (Phi) is 6.30. The lowest BCUT2D eigenvalue weighted by atomic mass is 9.99. The predicted octanol–water partition coefficient (Wildman–Crippen LogP) is 4.07. The minimum absolute atomic E-state index is 0.000240. The van der Waals surface area contributed by atoms with Gasteiger partial charge in [0.25, 0.3) is 15.9 Å². The van der Waals surface area contributed by atoms with Crippen molar-refractivity contribution in [1.82, 2.24) is 9.88 Å². The number of hydrogen-bond acceptors (Lipinski definition) is 4. The number of nitrogens with one attached hydrogen (secondary N) is 1. The number of likely N-dealkylation sites (tertiary alicyclic amines) is 1. The third-order valence-corrected chi connectivity index (χ3v) is 8.32. The van der Waals surface area contributed by atoms with Gasteiger partial charge in [-0.25, -0.2) is 8.42 Å². The zero-order valence-electron chi connectivity index (χ0n) is 19.2. The van der Waals surface area contributed by atoms with E-state index in [1.54, 1.807) is 23.1 Å². The third-order valence-electron chi connectivity index (χ3n) is 6.56. The van der Waals surface area contributed by atoms with Gasteiger partial charge in [-0.1, -0.05) is 25.1 Å². The first-order valence-electron chi connectivity index (χ1n) is 11.3. The van der Waals surface area contributed by atoms with Crippen molar-refractivity contribution in [2.45, 2.75) is 50.5 Å². The van der Waals surface area contributed by atoms with Gasteiger partial charge < -0.3 is 9.88 Å². The van der Waals surface area contributed by atoms with E-state index in [0.717, 1.165) is 31.2 Å². The van der Waals surface area contributed by atoms with Crippen LogP contribution in [-0.2, 0) is 10.0 Å². The van der Waals surface area contributed by atoms with Crippen LogP contribution < -0.4 is 9.73 Å². The predicted molar refractivity (Wildman–Crippen MR) is 130 cm³/mol. The average Bonchev–Trinajstić information content (AvgIpc) is 2.83. The van der Waals surface area contributed by atoms with Crippen molar-refractivity contribution in [1.29, 1.82) is 0 Å². The number of nitrogens with zero attached hydrogens (tertiary/aromatic N) is 2. The maximum atomic E-state index is 13.3. The lowest BCUT2D eigenvalue weighted by molar-refractivity contribution is 0.0606. The number of aromatic nitrogens is 1. The zero-order chi connectivity index (χ0) is 23.8. The topological polar surface area (TPSA) is 90.6 Å². The number of rotatable bonds is 5. The van der Waals surface area contributed by atoms with Crippen LogP contribution >= 0.6 is 0 Å². The van der Waals surface area contributed by atoms with E-state index in [2.05, 4.69) is 4.98 Å². The minimum atomic E-state index is -3.90. The molecule has 0 saturated carbocycles. The summed E-state index contributed by atoms with van der Waals surface area (Å²) in [4.78, 5) is 31.3. The summed E-state index contributed by atoms with van der Waals surface area (Å²) in [6, 6.07) is 11.7. The quantitative estimate of drug-likeness (QED) is 0.613. The number of anilines is 1. The van der Waals surface area contributed by atoms with Gasteiger partial charge in [-0.05, 0) is 62.4 Å². The molecular formula is C25H29N3O4S. The molecule has 1 aliphatic heterocycles. The molecule has 0 aliphatic carbocycles. The Labute approximate surface area is 194 Å². The van der Waals surface area contributed by atoms with Crippen LogP contribution in [0.25, 0.3) is 10.9 Å². The van der Waals surface area contributed by atoms with Gasteiger partial charge in [-0.2, -0.15) is 0 Å². The Morgan fingerprint density at radius 2 is 1.94 bits per heavy atom. The summed E-state index contributed by atoms with van der Waals surface area (Å²) in [7, 11) is -2.41. The molecule has 1 aliphatic rings. The Hall–Kier alpha value is -3.13. The van der Waals surface area contributed by atoms with Gasteiger partial charge >= 0.3 is 0 Å². The highest BCUT2D eigenvalue weighted by molar-refractivity contribution is 7.92. The number of sulfonamides is 1. The fraction of sp³-hybridized carbons (Fsp3) is 0.360. The van der Waals surface area contributed by atoms with E-state index >= 15 is 0 Å². The highest BCUT2D eigenvalue weighted by Gasteiger charge is 2.29. The summed E-state index contributed by atoms with van der Waals surface area (Å²) < 4.78 is 27.9. The van der Waals surface area contributed by atoms with Crippen LogP contribution in [-0.4, -0.2) is 43.8 Å². The zero-order valence-corrected chi connectivity index (χ0v) is 20.0. The Bertz CT molecular complexity index is 1360. The summed E-state index contributed by atoms with van der Waals surface area (Å²) in [5, 5.41) is 0.185. The standard InChI is InChI=1S/C25H29N3O4S/c1-4-18-10-7-8-14-28(18)25(30)21-16-26-22-13-12-19(15-20(22)24(21)29)33(31,32)27(3)23-11-6-5-9-17(23)2/h5-6,9,11-13,15-16,18H,4,7-8,10,14H2,1-3H3,(H,26,29). The second kappa shape index (κ2) is 9.02. The van der Waals surface area contributed by atoms with Crippen molar-refractivity contribution in [3.05, 3.63) is 70.0 Å². The van der Waals surface area contributed by atoms with Crippen LogP contribution in [0.2, 0.25) is 0 Å². The third kappa shape index (κ3) is 4.15. The molecule has 33 heavy (non-hydrogen) atoms. The van der Waals surface area contributed by atoms with Gasteiger partial charge in [0.1, 0.15) is 5.56 Å². The number of aromatic amines is 1. The monoisotopic (exact) mass is 467 g/mol. The van der Waals surface area contributed by atoms with Gasteiger partial charge in [0.2, 0.25) is 5.43 Å². The van der Waals surface area contributed by atoms with Crippen LogP contribution in [0.3, 0.4) is 0 Å². The fourth-order valence-corrected chi connectivity index (χ4v) is 5.86. The number of fused-ring (bicyclic) bond motifs is 1. The number of pyridine rings is 1. The smallest absolute Gasteiger partial charge is 0.264 e. The minimum Gasteiger partial charge on any atom is -0.360 e. The van der Waals surface area contributed by atoms with Gasteiger partial charge in [0.05, 0.1) is 10.6 Å². The Morgan fingerprint density at radius 3 is 2.67 bits per heavy atom. The number of hydrogen-bond donors (Lipinski definition) is 1. The molecule has 2 heterocycles. The lowest BCUT2D eigenvalue weighted by Crippen LogP contribution is -2.44. The molecule has 1 amide bonds. The van der Waals surface area contributed by atoms with Crippen LogP contribution in [0.4, 0.5) is 5.69 Å². The highest BCUT2D eigenvalue weighted by atomic mass is 32.2. The van der Waals surface area contributed by atoms with Crippen molar-refractivity contribution >= 4 is 32.5 Å². The normalized spacial score (nSPS) is 16.7. The van der Waals surface area contributed by atoms with Gasteiger partial charge in [0.15, 0.2) is 0 Å². The van der Waals surface area contributed by atoms with Gasteiger partial charge in [0, 0.05) is 36.7 Å². The molecule has 0 spiro atoms. The average molecular weight is 468 g/mol. The first-order valence-corrected chi connectivity index (χ1v) is 12.7. The Morgan fingerprint density at radius 1 is 1.18 bits per heavy atom. The van der Waals surface area contributed by atoms with Crippen LogP contribution in [0.15, 0.2) is 58.4 Å². The molecule has 7 nitrogen and oxygen atoms in total. The molecule has 0 bridgehead atoms. The summed E-state index contributed by atoms with van der Waals surface area (Å²) in [6.07, 6.45) is 5.21. The SMILES string of the molecule is CCC1CCCCN1C(=O)c1c[nH]c2ccc(S(=O)(=O)N(C)c3ccccc3C)cc2c1=O. The lowest BCUT2D eigenvalue weighted by Gasteiger charge is -2.35. The number of aryl methyl sites for hydroxylation is 1. The molecule has 1 N–H and O–H groups in total. The molecule has 1 unspecified atom stereocenters. The van der Waals surface area contributed by atoms with Gasteiger partial charge in [-0.3, -0.25) is 13.9 Å². The summed E-state index contributed by atoms with van der Waals surface area (Å²) in [5.74, 6) is -0.296. The van der Waals surface area contributed by atoms with E-state index < -0.39 is 15.5 Å². The van der Waals surface area contributed by atoms with E-state index in [1.807, 2.05) is 26.0 Å². The maximum absolute atomic E-state index is 13.3. The number of carbonyl (C=O) groups excluding carboxylic acids is 1. The molecule has 174 valence electrons. The van der Waals surface area contributed by atoms with Crippen LogP contribution in [0.5, 0.6) is 0 Å².